The molecule has 0 aliphatic rings. The van der Waals surface area contributed by atoms with Crippen molar-refractivity contribution < 1.29 is 4.79 Å². The summed E-state index contributed by atoms with van der Waals surface area (Å²) in [7, 11) is 1.71. The molecule has 4 aromatic rings. The van der Waals surface area contributed by atoms with Gasteiger partial charge in [0.15, 0.2) is 10.8 Å². The van der Waals surface area contributed by atoms with Crippen molar-refractivity contribution in [1.29, 1.82) is 0 Å². The molecule has 1 N–H and O–H groups in total. The van der Waals surface area contributed by atoms with E-state index < -0.39 is 0 Å². The molecule has 8 nitrogen and oxygen atoms in total. The Kier molecular flexibility index (Phi) is 4.97. The van der Waals surface area contributed by atoms with Gasteiger partial charge in [-0.05, 0) is 18.4 Å². The Morgan fingerprint density at radius 2 is 2.07 bits per heavy atom. The van der Waals surface area contributed by atoms with Gasteiger partial charge in [-0.2, -0.15) is 5.10 Å². The Bertz CT molecular complexity index is 1210. The number of amides is 1. The van der Waals surface area contributed by atoms with E-state index >= 15 is 0 Å². The molecule has 0 aliphatic carbocycles. The van der Waals surface area contributed by atoms with Gasteiger partial charge in [-0.15, -0.1) is 23.1 Å². The number of carbonyl (C=O) groups excluding carboxylic acids is 1. The number of anilines is 1. The minimum Gasteiger partial charge on any atom is -0.300 e. The first-order valence-corrected chi connectivity index (χ1v) is 10.4. The van der Waals surface area contributed by atoms with Crippen LogP contribution in [0.5, 0.6) is 0 Å². The van der Waals surface area contributed by atoms with E-state index in [0.717, 1.165) is 11.3 Å². The fraction of sp³-hybridized carbons (Fsp3) is 0.167. The van der Waals surface area contributed by atoms with Crippen LogP contribution < -0.4 is 10.9 Å². The second-order valence-corrected chi connectivity index (χ2v) is 7.74. The maximum atomic E-state index is 12.4. The molecule has 0 aliphatic heterocycles. The summed E-state index contributed by atoms with van der Waals surface area (Å²) in [6.45, 7) is -0.145. The van der Waals surface area contributed by atoms with E-state index in [2.05, 4.69) is 20.4 Å². The molecule has 3 aromatic heterocycles. The maximum Gasteiger partial charge on any atom is 0.264 e. The lowest BCUT2D eigenvalue weighted by atomic mass is 10.2. The fourth-order valence-electron chi connectivity index (χ4n) is 2.72. The molecule has 0 atom stereocenters. The van der Waals surface area contributed by atoms with Gasteiger partial charge in [0.05, 0.1) is 11.9 Å². The number of hydrogen-bond acceptors (Lipinski definition) is 7. The number of thioether (sulfide) groups is 1. The second kappa shape index (κ2) is 7.56. The lowest BCUT2D eigenvalue weighted by Crippen LogP contribution is -2.27. The Hall–Kier alpha value is -2.98. The Balaban J connectivity index is 1.48. The van der Waals surface area contributed by atoms with Crippen LogP contribution in [0.2, 0.25) is 0 Å². The van der Waals surface area contributed by atoms with Gasteiger partial charge in [-0.3, -0.25) is 18.8 Å². The van der Waals surface area contributed by atoms with Gasteiger partial charge in [0.25, 0.3) is 5.56 Å². The number of rotatable bonds is 5. The van der Waals surface area contributed by atoms with Gasteiger partial charge < -0.3 is 5.32 Å². The van der Waals surface area contributed by atoms with E-state index in [1.165, 1.54) is 38.0 Å². The van der Waals surface area contributed by atoms with Gasteiger partial charge in [-0.1, -0.05) is 12.1 Å². The molecule has 0 saturated carbocycles. The number of aromatic nitrogens is 5. The molecule has 142 valence electrons. The van der Waals surface area contributed by atoms with Crippen molar-refractivity contribution in [3.8, 4) is 11.3 Å². The normalized spacial score (nSPS) is 11.1. The minimum atomic E-state index is -0.342. The molecule has 1 aromatic carbocycles. The molecule has 4 rings (SSSR count). The van der Waals surface area contributed by atoms with E-state index in [9.17, 15) is 9.59 Å². The summed E-state index contributed by atoms with van der Waals surface area (Å²) in [6, 6.07) is 8.07. The molecule has 0 bridgehead atoms. The highest BCUT2D eigenvalue weighted by Crippen LogP contribution is 2.26. The van der Waals surface area contributed by atoms with Gasteiger partial charge in [0, 0.05) is 22.9 Å². The molecule has 3 heterocycles. The van der Waals surface area contributed by atoms with E-state index in [1.807, 2.05) is 35.9 Å². The van der Waals surface area contributed by atoms with Crippen molar-refractivity contribution in [2.45, 2.75) is 11.4 Å². The first kappa shape index (κ1) is 18.4. The standard InChI is InChI=1S/C18H16N6O2S2/c1-23-16-13(7-20-23)17(26)24(10-19-16)8-15(25)22-18-21-14(9-28-18)11-3-5-12(27-2)6-4-11/h3-7,9-10H,8H2,1-2H3,(H,21,22,25). The topological polar surface area (TPSA) is 94.7 Å². The number of nitrogens with zero attached hydrogens (tertiary/aromatic N) is 5. The van der Waals surface area contributed by atoms with E-state index in [4.69, 9.17) is 0 Å². The largest absolute Gasteiger partial charge is 0.300 e. The van der Waals surface area contributed by atoms with Crippen LogP contribution in [0.4, 0.5) is 5.13 Å². The number of benzene rings is 1. The predicted molar refractivity (Wildman–Crippen MR) is 111 cm³/mol. The number of hydrogen-bond donors (Lipinski definition) is 1. The molecule has 1 amide bonds. The van der Waals surface area contributed by atoms with Gasteiger partial charge in [0.1, 0.15) is 18.3 Å². The minimum absolute atomic E-state index is 0.145. The van der Waals surface area contributed by atoms with Crippen LogP contribution >= 0.6 is 23.1 Å². The maximum absolute atomic E-state index is 12.4. The summed E-state index contributed by atoms with van der Waals surface area (Å²) in [5.41, 5.74) is 1.96. The highest BCUT2D eigenvalue weighted by atomic mass is 32.2. The Labute approximate surface area is 168 Å². The summed E-state index contributed by atoms with van der Waals surface area (Å²) in [6.07, 6.45) is 4.83. The Morgan fingerprint density at radius 3 is 2.82 bits per heavy atom. The van der Waals surface area contributed by atoms with Crippen LogP contribution in [-0.2, 0) is 18.4 Å². The second-order valence-electron chi connectivity index (χ2n) is 6.00. The van der Waals surface area contributed by atoms with E-state index in [1.54, 1.807) is 18.8 Å². The summed E-state index contributed by atoms with van der Waals surface area (Å²) in [4.78, 5) is 34.6. The number of aryl methyl sites for hydroxylation is 1. The lowest BCUT2D eigenvalue weighted by Gasteiger charge is -2.05. The average molecular weight is 413 g/mol. The van der Waals surface area contributed by atoms with Crippen LogP contribution in [0, 0.1) is 0 Å². The van der Waals surface area contributed by atoms with Crippen molar-refractivity contribution in [2.24, 2.45) is 7.05 Å². The van der Waals surface area contributed by atoms with Crippen LogP contribution in [0.25, 0.3) is 22.3 Å². The van der Waals surface area contributed by atoms with Gasteiger partial charge in [-0.25, -0.2) is 9.97 Å². The molecular weight excluding hydrogens is 396 g/mol. The zero-order valence-electron chi connectivity index (χ0n) is 15.1. The van der Waals surface area contributed by atoms with Crippen LogP contribution in [0.1, 0.15) is 0 Å². The summed E-state index contributed by atoms with van der Waals surface area (Å²) >= 11 is 3.02. The zero-order chi connectivity index (χ0) is 19.7. The first-order chi connectivity index (χ1) is 13.5. The highest BCUT2D eigenvalue weighted by molar-refractivity contribution is 7.98. The van der Waals surface area contributed by atoms with E-state index in [0.29, 0.717) is 16.2 Å². The molecule has 0 unspecified atom stereocenters. The van der Waals surface area contributed by atoms with Crippen molar-refractivity contribution in [1.82, 2.24) is 24.3 Å². The molecule has 0 saturated heterocycles. The number of thiazole rings is 1. The monoisotopic (exact) mass is 412 g/mol. The molecule has 10 heteroatoms. The molecule has 0 radical (unpaired) electrons. The molecular formula is C18H16N6O2S2. The molecule has 0 fully saturated rings. The summed E-state index contributed by atoms with van der Waals surface area (Å²) in [5.74, 6) is -0.342. The van der Waals surface area contributed by atoms with Crippen molar-refractivity contribution >= 4 is 45.2 Å². The molecule has 0 spiro atoms. The Morgan fingerprint density at radius 1 is 1.29 bits per heavy atom. The van der Waals surface area contributed by atoms with Crippen molar-refractivity contribution in [2.75, 3.05) is 11.6 Å². The quantitative estimate of drug-likeness (QED) is 0.507. The summed E-state index contributed by atoms with van der Waals surface area (Å²) in [5, 5.41) is 9.51. The van der Waals surface area contributed by atoms with Gasteiger partial charge >= 0.3 is 0 Å². The van der Waals surface area contributed by atoms with Crippen LogP contribution in [0.3, 0.4) is 0 Å². The number of nitrogens with one attached hydrogen (secondary N) is 1. The van der Waals surface area contributed by atoms with Crippen molar-refractivity contribution in [3.63, 3.8) is 0 Å². The lowest BCUT2D eigenvalue weighted by molar-refractivity contribution is -0.116. The van der Waals surface area contributed by atoms with Crippen LogP contribution in [-0.4, -0.2) is 36.5 Å². The van der Waals surface area contributed by atoms with E-state index in [-0.39, 0.29) is 18.0 Å². The predicted octanol–water partition coefficient (Wildman–Crippen LogP) is 2.61. The highest BCUT2D eigenvalue weighted by Gasteiger charge is 2.12. The number of carbonyl (C=O) groups is 1. The smallest absolute Gasteiger partial charge is 0.264 e. The third kappa shape index (κ3) is 3.56. The fourth-order valence-corrected chi connectivity index (χ4v) is 3.86. The molecule has 28 heavy (non-hydrogen) atoms. The third-order valence-electron chi connectivity index (χ3n) is 4.17. The first-order valence-electron chi connectivity index (χ1n) is 8.32. The summed E-state index contributed by atoms with van der Waals surface area (Å²) < 4.78 is 2.78. The SMILES string of the molecule is CSc1ccc(-c2csc(NC(=O)Cn3cnc4c(cnn4C)c3=O)n2)cc1. The average Bonchev–Trinajstić information content (AvgIpc) is 3.31. The van der Waals surface area contributed by atoms with Crippen LogP contribution in [0.15, 0.2) is 51.9 Å². The van der Waals surface area contributed by atoms with Gasteiger partial charge in [0.2, 0.25) is 5.91 Å². The van der Waals surface area contributed by atoms with Crippen molar-refractivity contribution in [3.05, 3.63) is 52.5 Å². The third-order valence-corrected chi connectivity index (χ3v) is 5.67. The number of fused-ring (bicyclic) bond motifs is 1. The zero-order valence-corrected chi connectivity index (χ0v) is 16.8.